The van der Waals surface area contributed by atoms with Gasteiger partial charge in [0.1, 0.15) is 17.7 Å². The van der Waals surface area contributed by atoms with E-state index in [0.717, 1.165) is 41.3 Å². The van der Waals surface area contributed by atoms with Crippen molar-refractivity contribution in [2.75, 3.05) is 7.05 Å². The molecule has 3 aromatic rings. The van der Waals surface area contributed by atoms with Crippen LogP contribution in [0.4, 0.5) is 0 Å². The fraction of sp³-hybridized carbons (Fsp3) is 0.400. The number of ether oxygens (including phenoxy) is 1. The van der Waals surface area contributed by atoms with Crippen molar-refractivity contribution in [1.82, 2.24) is 14.5 Å². The monoisotopic (exact) mass is 431 g/mol. The molecule has 3 heterocycles. The third-order valence-corrected chi connectivity index (χ3v) is 7.73. The fourth-order valence-corrected chi connectivity index (χ4v) is 5.89. The Morgan fingerprint density at radius 1 is 1.22 bits per heavy atom. The number of amides is 1. The summed E-state index contributed by atoms with van der Waals surface area (Å²) >= 11 is 0. The number of benzene rings is 2. The van der Waals surface area contributed by atoms with Gasteiger partial charge in [-0.05, 0) is 31.6 Å². The lowest BCUT2D eigenvalue weighted by Gasteiger charge is -2.36. The SMILES string of the molecule is C[C@H]1Cn2c(CC34CCCC3Oc3c4ccc4ccccc34)nc(=O)c(O)c2C(=O)N1C. The van der Waals surface area contributed by atoms with Crippen LogP contribution in [0.2, 0.25) is 0 Å². The number of rotatable bonds is 2. The van der Waals surface area contributed by atoms with Crippen molar-refractivity contribution >= 4 is 16.7 Å². The van der Waals surface area contributed by atoms with E-state index in [4.69, 9.17) is 4.74 Å². The number of nitrogens with zero attached hydrogens (tertiary/aromatic N) is 3. The van der Waals surface area contributed by atoms with E-state index < -0.39 is 11.3 Å². The molecule has 1 saturated carbocycles. The summed E-state index contributed by atoms with van der Waals surface area (Å²) < 4.78 is 8.29. The number of aromatic nitrogens is 2. The summed E-state index contributed by atoms with van der Waals surface area (Å²) in [6, 6.07) is 12.4. The van der Waals surface area contributed by atoms with Gasteiger partial charge in [-0.15, -0.1) is 0 Å². The minimum atomic E-state index is -0.744. The van der Waals surface area contributed by atoms with Gasteiger partial charge in [0, 0.05) is 42.4 Å². The van der Waals surface area contributed by atoms with Crippen LogP contribution in [0.25, 0.3) is 10.8 Å². The summed E-state index contributed by atoms with van der Waals surface area (Å²) in [5.74, 6) is 0.563. The third kappa shape index (κ3) is 2.45. The summed E-state index contributed by atoms with van der Waals surface area (Å²) in [6.07, 6.45) is 3.40. The maximum Gasteiger partial charge on any atom is 0.315 e. The van der Waals surface area contributed by atoms with E-state index in [1.807, 2.05) is 19.1 Å². The first kappa shape index (κ1) is 19.3. The zero-order valence-corrected chi connectivity index (χ0v) is 18.2. The molecule has 7 nitrogen and oxygen atoms in total. The lowest BCUT2D eigenvalue weighted by Crippen LogP contribution is -2.47. The van der Waals surface area contributed by atoms with Crippen LogP contribution in [-0.2, 0) is 18.4 Å². The molecular weight excluding hydrogens is 406 g/mol. The molecule has 0 spiro atoms. The predicted molar refractivity (Wildman–Crippen MR) is 119 cm³/mol. The summed E-state index contributed by atoms with van der Waals surface area (Å²) in [4.78, 5) is 31.3. The first-order valence-electron chi connectivity index (χ1n) is 11.2. The van der Waals surface area contributed by atoms with Gasteiger partial charge in [-0.25, -0.2) is 0 Å². The zero-order chi connectivity index (χ0) is 22.2. The summed E-state index contributed by atoms with van der Waals surface area (Å²) in [6.45, 7) is 2.44. The van der Waals surface area contributed by atoms with Crippen molar-refractivity contribution in [3.8, 4) is 11.5 Å². The Hall–Kier alpha value is -3.35. The average Bonchev–Trinajstić information content (AvgIpc) is 3.31. The van der Waals surface area contributed by atoms with Crippen molar-refractivity contribution in [3.05, 3.63) is 63.8 Å². The van der Waals surface area contributed by atoms with Crippen LogP contribution in [-0.4, -0.2) is 44.7 Å². The molecule has 1 aliphatic carbocycles. The quantitative estimate of drug-likeness (QED) is 0.674. The molecule has 1 aromatic heterocycles. The van der Waals surface area contributed by atoms with Crippen molar-refractivity contribution in [3.63, 3.8) is 0 Å². The second-order valence-corrected chi connectivity index (χ2v) is 9.40. The second-order valence-electron chi connectivity index (χ2n) is 9.40. The molecule has 2 aliphatic heterocycles. The Labute approximate surface area is 185 Å². The number of carbonyl (C=O) groups is 1. The van der Waals surface area contributed by atoms with Crippen molar-refractivity contribution < 1.29 is 14.6 Å². The van der Waals surface area contributed by atoms with Gasteiger partial charge in [0.2, 0.25) is 5.75 Å². The highest BCUT2D eigenvalue weighted by Gasteiger charge is 2.53. The molecular formula is C25H25N3O4. The lowest BCUT2D eigenvalue weighted by atomic mass is 9.75. The number of fused-ring (bicyclic) bond motifs is 6. The molecule has 0 radical (unpaired) electrons. The van der Waals surface area contributed by atoms with Crippen LogP contribution in [0.3, 0.4) is 0 Å². The third-order valence-electron chi connectivity index (χ3n) is 7.73. The van der Waals surface area contributed by atoms with Crippen LogP contribution in [0, 0.1) is 0 Å². The topological polar surface area (TPSA) is 84.7 Å². The van der Waals surface area contributed by atoms with E-state index >= 15 is 0 Å². The number of likely N-dealkylation sites (N-methyl/N-ethyl adjacent to an activating group) is 1. The normalized spacial score (nSPS) is 26.1. The van der Waals surface area contributed by atoms with Crippen LogP contribution >= 0.6 is 0 Å². The van der Waals surface area contributed by atoms with Crippen LogP contribution in [0.5, 0.6) is 11.5 Å². The first-order valence-corrected chi connectivity index (χ1v) is 11.2. The Balaban J connectivity index is 1.53. The largest absolute Gasteiger partial charge is 0.501 e. The molecule has 6 rings (SSSR count). The van der Waals surface area contributed by atoms with E-state index in [0.29, 0.717) is 18.8 Å². The summed E-state index contributed by atoms with van der Waals surface area (Å²) in [5.41, 5.74) is 0.157. The summed E-state index contributed by atoms with van der Waals surface area (Å²) in [7, 11) is 1.69. The predicted octanol–water partition coefficient (Wildman–Crippen LogP) is 3.00. The van der Waals surface area contributed by atoms with E-state index in [9.17, 15) is 14.7 Å². The van der Waals surface area contributed by atoms with Crippen molar-refractivity contribution in [1.29, 1.82) is 0 Å². The van der Waals surface area contributed by atoms with Crippen LogP contribution in [0.1, 0.15) is 48.1 Å². The van der Waals surface area contributed by atoms with Gasteiger partial charge >= 0.3 is 5.56 Å². The molecule has 1 amide bonds. The van der Waals surface area contributed by atoms with E-state index in [2.05, 4.69) is 29.2 Å². The number of hydrogen-bond donors (Lipinski definition) is 1. The standard InChI is InChI=1S/C25H25N3O4/c1-14-13-28-19(26-23(30)21(29)20(28)24(31)27(14)2)12-25-11-5-8-18(25)32-22-16-7-4-3-6-15(16)9-10-17(22)25/h3-4,6-7,9-10,14,18,29H,5,8,11-13H2,1-2H3/t14-,18?,25?/m0/s1. The highest BCUT2D eigenvalue weighted by Crippen LogP contribution is 2.55. The van der Waals surface area contributed by atoms with Gasteiger partial charge in [-0.2, -0.15) is 4.98 Å². The number of aromatic hydroxyl groups is 1. The highest BCUT2D eigenvalue weighted by atomic mass is 16.5. The molecule has 0 bridgehead atoms. The lowest BCUT2D eigenvalue weighted by molar-refractivity contribution is 0.0659. The molecule has 3 atom stereocenters. The van der Waals surface area contributed by atoms with Gasteiger partial charge in [0.25, 0.3) is 5.91 Å². The zero-order valence-electron chi connectivity index (χ0n) is 18.2. The summed E-state index contributed by atoms with van der Waals surface area (Å²) in [5, 5.41) is 12.6. The number of carbonyl (C=O) groups excluding carboxylic acids is 1. The molecule has 164 valence electrons. The van der Waals surface area contributed by atoms with Gasteiger partial charge in [0.05, 0.1) is 0 Å². The Morgan fingerprint density at radius 3 is 2.88 bits per heavy atom. The van der Waals surface area contributed by atoms with Gasteiger partial charge in [-0.3, -0.25) is 9.59 Å². The second kappa shape index (κ2) is 6.58. The molecule has 0 saturated heterocycles. The Bertz CT molecular complexity index is 1350. The van der Waals surface area contributed by atoms with Crippen molar-refractivity contribution in [2.45, 2.75) is 56.7 Å². The average molecular weight is 431 g/mol. The molecule has 1 N–H and O–H groups in total. The van der Waals surface area contributed by atoms with Gasteiger partial charge in [-0.1, -0.05) is 36.4 Å². The highest BCUT2D eigenvalue weighted by molar-refractivity contribution is 5.96. The minimum absolute atomic E-state index is 0.00431. The smallest absolute Gasteiger partial charge is 0.315 e. The van der Waals surface area contributed by atoms with Gasteiger partial charge < -0.3 is 19.3 Å². The molecule has 32 heavy (non-hydrogen) atoms. The van der Waals surface area contributed by atoms with Crippen LogP contribution < -0.4 is 10.3 Å². The fourth-order valence-electron chi connectivity index (χ4n) is 5.89. The van der Waals surface area contributed by atoms with Crippen molar-refractivity contribution in [2.24, 2.45) is 0 Å². The molecule has 3 aliphatic rings. The first-order chi connectivity index (χ1) is 15.4. The maximum atomic E-state index is 12.9. The maximum absolute atomic E-state index is 12.9. The number of hydrogen-bond acceptors (Lipinski definition) is 5. The van der Waals surface area contributed by atoms with E-state index in [1.165, 1.54) is 0 Å². The minimum Gasteiger partial charge on any atom is -0.501 e. The molecule has 7 heteroatoms. The van der Waals surface area contributed by atoms with E-state index in [1.54, 1.807) is 16.5 Å². The van der Waals surface area contributed by atoms with E-state index in [-0.39, 0.29) is 29.2 Å². The Morgan fingerprint density at radius 2 is 2.03 bits per heavy atom. The van der Waals surface area contributed by atoms with Gasteiger partial charge in [0.15, 0.2) is 5.69 Å². The molecule has 1 fully saturated rings. The Kier molecular flexibility index (Phi) is 3.97. The molecule has 2 aromatic carbocycles. The molecule has 2 unspecified atom stereocenters. The van der Waals surface area contributed by atoms with Crippen LogP contribution in [0.15, 0.2) is 41.2 Å².